The van der Waals surface area contributed by atoms with Crippen LogP contribution in [0.25, 0.3) is 0 Å². The monoisotopic (exact) mass is 249 g/mol. The number of pyridine rings is 1. The molecule has 0 saturated heterocycles. The van der Waals surface area contributed by atoms with E-state index in [1.165, 1.54) is 12.8 Å². The highest BCUT2D eigenvalue weighted by molar-refractivity contribution is 5.52. The largest absolute Gasteiger partial charge is 0.385 e. The fraction of sp³-hybridized carbons (Fsp3) is 0.643. The average Bonchev–Trinajstić information content (AvgIpc) is 3.16. The molecule has 1 aliphatic rings. The van der Waals surface area contributed by atoms with Crippen LogP contribution in [-0.2, 0) is 4.74 Å². The number of nitrogens with zero attached hydrogens (tertiary/aromatic N) is 1. The summed E-state index contributed by atoms with van der Waals surface area (Å²) in [6.07, 6.45) is 5.62. The highest BCUT2D eigenvalue weighted by Crippen LogP contribution is 2.48. The van der Waals surface area contributed by atoms with Crippen molar-refractivity contribution in [2.45, 2.75) is 26.2 Å². The van der Waals surface area contributed by atoms with Crippen molar-refractivity contribution < 1.29 is 4.74 Å². The zero-order valence-electron chi connectivity index (χ0n) is 11.3. The Bertz CT molecular complexity index is 377. The maximum absolute atomic E-state index is 5.17. The fourth-order valence-corrected chi connectivity index (χ4v) is 2.12. The molecule has 0 spiro atoms. The first-order valence-corrected chi connectivity index (χ1v) is 6.71. The second-order valence-corrected chi connectivity index (χ2v) is 5.06. The molecule has 1 fully saturated rings. The predicted octanol–water partition coefficient (Wildman–Crippen LogP) is 2.74. The second kappa shape index (κ2) is 6.05. The van der Waals surface area contributed by atoms with E-state index in [1.807, 2.05) is 12.3 Å². The Morgan fingerprint density at radius 2 is 2.22 bits per heavy atom. The highest BCUT2D eigenvalue weighted by atomic mass is 16.5. The maximum Gasteiger partial charge on any atom is 0.127 e. The van der Waals surface area contributed by atoms with E-state index >= 15 is 0 Å². The minimum absolute atomic E-state index is 0.470. The second-order valence-electron chi connectivity index (χ2n) is 5.06. The van der Waals surface area contributed by atoms with Gasteiger partial charge in [0.1, 0.15) is 5.82 Å². The third-order valence-electron chi connectivity index (χ3n) is 3.58. The van der Waals surface area contributed by atoms with E-state index in [9.17, 15) is 0 Å². The molecule has 0 aliphatic heterocycles. The molecule has 0 atom stereocenters. The van der Waals surface area contributed by atoms with E-state index in [4.69, 9.17) is 4.74 Å². The van der Waals surface area contributed by atoms with E-state index in [0.29, 0.717) is 5.41 Å². The molecule has 0 bridgehead atoms. The Kier molecular flexibility index (Phi) is 4.42. The third kappa shape index (κ3) is 3.60. The van der Waals surface area contributed by atoms with Crippen molar-refractivity contribution in [3.8, 4) is 0 Å². The fourth-order valence-electron chi connectivity index (χ4n) is 2.12. The molecule has 2 rings (SSSR count). The summed E-state index contributed by atoms with van der Waals surface area (Å²) in [5.41, 5.74) is 1.61. The molecular weight excluding hydrogens is 226 g/mol. The van der Waals surface area contributed by atoms with Crippen molar-refractivity contribution in [1.29, 1.82) is 0 Å². The van der Waals surface area contributed by atoms with E-state index in [1.54, 1.807) is 7.11 Å². The van der Waals surface area contributed by atoms with Crippen LogP contribution >= 0.6 is 0 Å². The lowest BCUT2D eigenvalue weighted by Crippen LogP contribution is -2.17. The molecule has 1 aliphatic carbocycles. The van der Waals surface area contributed by atoms with Crippen LogP contribution in [0, 0.1) is 5.41 Å². The highest BCUT2D eigenvalue weighted by Gasteiger charge is 2.41. The van der Waals surface area contributed by atoms with Gasteiger partial charge in [0, 0.05) is 44.8 Å². The molecule has 4 nitrogen and oxygen atoms in total. The van der Waals surface area contributed by atoms with Crippen molar-refractivity contribution in [3.63, 3.8) is 0 Å². The predicted molar refractivity (Wildman–Crippen MR) is 75.1 cm³/mol. The summed E-state index contributed by atoms with van der Waals surface area (Å²) in [4.78, 5) is 4.27. The topological polar surface area (TPSA) is 46.2 Å². The number of rotatable bonds is 8. The SMILES string of the molecule is CCNc1cc(NCC2(CCOC)CC2)ccn1. The van der Waals surface area contributed by atoms with Gasteiger partial charge in [0.25, 0.3) is 0 Å². The molecule has 4 heteroatoms. The molecule has 2 N–H and O–H groups in total. The van der Waals surface area contributed by atoms with Gasteiger partial charge in [0.05, 0.1) is 0 Å². The van der Waals surface area contributed by atoms with Gasteiger partial charge < -0.3 is 15.4 Å². The van der Waals surface area contributed by atoms with E-state index in [0.717, 1.165) is 37.6 Å². The summed E-state index contributed by atoms with van der Waals surface area (Å²) in [6.45, 7) is 4.87. The van der Waals surface area contributed by atoms with Crippen LogP contribution in [0.1, 0.15) is 26.2 Å². The minimum Gasteiger partial charge on any atom is -0.385 e. The first-order chi connectivity index (χ1) is 8.78. The lowest BCUT2D eigenvalue weighted by Gasteiger charge is -2.16. The summed E-state index contributed by atoms with van der Waals surface area (Å²) in [7, 11) is 1.77. The first kappa shape index (κ1) is 13.1. The molecule has 18 heavy (non-hydrogen) atoms. The number of methoxy groups -OCH3 is 1. The Morgan fingerprint density at radius 1 is 1.39 bits per heavy atom. The average molecular weight is 249 g/mol. The van der Waals surface area contributed by atoms with Crippen LogP contribution < -0.4 is 10.6 Å². The van der Waals surface area contributed by atoms with E-state index in [2.05, 4.69) is 28.6 Å². The zero-order valence-corrected chi connectivity index (χ0v) is 11.3. The summed E-state index contributed by atoms with van der Waals surface area (Å²) in [5, 5.41) is 6.74. The van der Waals surface area contributed by atoms with Gasteiger partial charge in [-0.2, -0.15) is 0 Å². The van der Waals surface area contributed by atoms with E-state index < -0.39 is 0 Å². The van der Waals surface area contributed by atoms with Gasteiger partial charge in [-0.3, -0.25) is 0 Å². The van der Waals surface area contributed by atoms with Gasteiger partial charge in [-0.25, -0.2) is 4.98 Å². The number of hydrogen-bond acceptors (Lipinski definition) is 4. The third-order valence-corrected chi connectivity index (χ3v) is 3.58. The van der Waals surface area contributed by atoms with Gasteiger partial charge >= 0.3 is 0 Å². The molecule has 0 radical (unpaired) electrons. The minimum atomic E-state index is 0.470. The summed E-state index contributed by atoms with van der Waals surface area (Å²) in [5.74, 6) is 0.934. The lowest BCUT2D eigenvalue weighted by atomic mass is 10.0. The molecule has 1 aromatic heterocycles. The van der Waals surface area contributed by atoms with Crippen LogP contribution in [0.5, 0.6) is 0 Å². The number of anilines is 2. The van der Waals surface area contributed by atoms with Gasteiger partial charge in [-0.15, -0.1) is 0 Å². The number of aromatic nitrogens is 1. The van der Waals surface area contributed by atoms with Crippen molar-refractivity contribution >= 4 is 11.5 Å². The van der Waals surface area contributed by atoms with Gasteiger partial charge in [0.15, 0.2) is 0 Å². The zero-order chi connectivity index (χ0) is 12.8. The Morgan fingerprint density at radius 3 is 2.89 bits per heavy atom. The van der Waals surface area contributed by atoms with Crippen LogP contribution in [0.3, 0.4) is 0 Å². The van der Waals surface area contributed by atoms with Crippen molar-refractivity contribution in [3.05, 3.63) is 18.3 Å². The Balaban J connectivity index is 1.84. The molecule has 1 aromatic rings. The smallest absolute Gasteiger partial charge is 0.127 e. The van der Waals surface area contributed by atoms with Crippen LogP contribution in [-0.4, -0.2) is 31.8 Å². The normalized spacial score (nSPS) is 16.3. The Labute approximate surface area is 109 Å². The van der Waals surface area contributed by atoms with Gasteiger partial charge in [0.2, 0.25) is 0 Å². The molecule has 1 heterocycles. The summed E-state index contributed by atoms with van der Waals surface area (Å²) < 4.78 is 5.17. The van der Waals surface area contributed by atoms with E-state index in [-0.39, 0.29) is 0 Å². The molecular formula is C14H23N3O. The molecule has 1 saturated carbocycles. The van der Waals surface area contributed by atoms with Crippen molar-refractivity contribution in [2.75, 3.05) is 37.4 Å². The quantitative estimate of drug-likeness (QED) is 0.743. The van der Waals surface area contributed by atoms with Gasteiger partial charge in [-0.05, 0) is 37.7 Å². The molecule has 100 valence electrons. The summed E-state index contributed by atoms with van der Waals surface area (Å²) >= 11 is 0. The van der Waals surface area contributed by atoms with Crippen LogP contribution in [0.4, 0.5) is 11.5 Å². The lowest BCUT2D eigenvalue weighted by molar-refractivity contribution is 0.175. The Hall–Kier alpha value is -1.29. The molecule has 0 unspecified atom stereocenters. The van der Waals surface area contributed by atoms with Gasteiger partial charge in [-0.1, -0.05) is 0 Å². The number of hydrogen-bond donors (Lipinski definition) is 2. The van der Waals surface area contributed by atoms with Crippen molar-refractivity contribution in [2.24, 2.45) is 5.41 Å². The number of ether oxygens (including phenoxy) is 1. The first-order valence-electron chi connectivity index (χ1n) is 6.71. The standard InChI is InChI=1S/C14H23N3O/c1-3-15-13-10-12(4-8-16-13)17-11-14(5-6-14)7-9-18-2/h4,8,10H,3,5-7,9,11H2,1-2H3,(H2,15,16,17). The molecule has 0 aromatic carbocycles. The maximum atomic E-state index is 5.17. The molecule has 0 amide bonds. The summed E-state index contributed by atoms with van der Waals surface area (Å²) in [6, 6.07) is 4.09. The van der Waals surface area contributed by atoms with Crippen LogP contribution in [0.15, 0.2) is 18.3 Å². The van der Waals surface area contributed by atoms with Crippen molar-refractivity contribution in [1.82, 2.24) is 4.98 Å². The van der Waals surface area contributed by atoms with Crippen LogP contribution in [0.2, 0.25) is 0 Å². The number of nitrogens with one attached hydrogen (secondary N) is 2.